The quantitative estimate of drug-likeness (QED) is 0.863. The van der Waals surface area contributed by atoms with E-state index >= 15 is 0 Å². The van der Waals surface area contributed by atoms with Gasteiger partial charge in [0.1, 0.15) is 5.82 Å². The van der Waals surface area contributed by atoms with Gasteiger partial charge in [-0.15, -0.1) is 11.8 Å². The Bertz CT molecular complexity index is 764. The lowest BCUT2D eigenvalue weighted by Gasteiger charge is -2.17. The fourth-order valence-corrected chi connectivity index (χ4v) is 3.11. The van der Waals surface area contributed by atoms with Gasteiger partial charge in [0.25, 0.3) is 0 Å². The summed E-state index contributed by atoms with van der Waals surface area (Å²) in [5, 5.41) is 2.82. The highest BCUT2D eigenvalue weighted by Gasteiger charge is 2.36. The van der Waals surface area contributed by atoms with Crippen LogP contribution >= 0.6 is 11.8 Å². The molecule has 6 heteroatoms. The number of benzene rings is 2. The number of rotatable bonds is 4. The average Bonchev–Trinajstić information content (AvgIpc) is 2.98. The fraction of sp³-hybridized carbons (Fsp3) is 0.222. The number of amides is 2. The zero-order valence-corrected chi connectivity index (χ0v) is 14.0. The van der Waals surface area contributed by atoms with Crippen molar-refractivity contribution in [3.05, 3.63) is 54.3 Å². The van der Waals surface area contributed by atoms with Crippen LogP contribution in [-0.4, -0.2) is 24.6 Å². The molecule has 0 saturated carbocycles. The Balaban J connectivity index is 1.68. The molecule has 0 bridgehead atoms. The average molecular weight is 344 g/mol. The molecule has 3 rings (SSSR count). The van der Waals surface area contributed by atoms with Crippen molar-refractivity contribution in [3.63, 3.8) is 0 Å². The van der Waals surface area contributed by atoms with Crippen molar-refractivity contribution in [1.29, 1.82) is 0 Å². The van der Waals surface area contributed by atoms with Gasteiger partial charge >= 0.3 is 0 Å². The van der Waals surface area contributed by atoms with Crippen LogP contribution in [0.15, 0.2) is 53.4 Å². The summed E-state index contributed by atoms with van der Waals surface area (Å²) in [6.45, 7) is 0.189. The molecule has 2 amide bonds. The molecule has 24 heavy (non-hydrogen) atoms. The van der Waals surface area contributed by atoms with E-state index in [0.29, 0.717) is 5.69 Å². The number of carbonyl (C=O) groups excluding carboxylic acids is 2. The zero-order chi connectivity index (χ0) is 17.1. The first-order valence-electron chi connectivity index (χ1n) is 7.58. The maximum atomic E-state index is 13.9. The van der Waals surface area contributed by atoms with Crippen LogP contribution in [0.2, 0.25) is 0 Å². The number of nitrogens with one attached hydrogen (secondary N) is 1. The second-order valence-electron chi connectivity index (χ2n) is 5.57. The number of halogens is 1. The lowest BCUT2D eigenvalue weighted by Crippen LogP contribution is -2.28. The highest BCUT2D eigenvalue weighted by atomic mass is 32.2. The number of carbonyl (C=O) groups is 2. The third-order valence-electron chi connectivity index (χ3n) is 4.00. The molecule has 1 unspecified atom stereocenters. The number of hydrogen-bond donors (Lipinski definition) is 1. The molecule has 1 N–H and O–H groups in total. The monoisotopic (exact) mass is 344 g/mol. The summed E-state index contributed by atoms with van der Waals surface area (Å²) in [6.07, 6.45) is 2.07. The Morgan fingerprint density at radius 2 is 1.92 bits per heavy atom. The van der Waals surface area contributed by atoms with Gasteiger partial charge in [-0.2, -0.15) is 0 Å². The number of thioether (sulfide) groups is 1. The molecule has 1 atom stereocenters. The normalized spacial score (nSPS) is 17.2. The first kappa shape index (κ1) is 16.5. The maximum Gasteiger partial charge on any atom is 0.229 e. The minimum absolute atomic E-state index is 0.0864. The predicted molar refractivity (Wildman–Crippen MR) is 93.7 cm³/mol. The summed E-state index contributed by atoms with van der Waals surface area (Å²) in [4.78, 5) is 27.0. The minimum Gasteiger partial charge on any atom is -0.326 e. The van der Waals surface area contributed by atoms with Crippen molar-refractivity contribution >= 4 is 35.0 Å². The van der Waals surface area contributed by atoms with Crippen LogP contribution < -0.4 is 10.2 Å². The molecule has 4 nitrogen and oxygen atoms in total. The molecule has 0 radical (unpaired) electrons. The molecular formula is C18H17FN2O2S. The van der Waals surface area contributed by atoms with Crippen molar-refractivity contribution in [2.24, 2.45) is 5.92 Å². The molecule has 0 aliphatic carbocycles. The highest BCUT2D eigenvalue weighted by Crippen LogP contribution is 2.28. The molecule has 1 aliphatic rings. The van der Waals surface area contributed by atoms with Gasteiger partial charge in [-0.1, -0.05) is 12.1 Å². The summed E-state index contributed by atoms with van der Waals surface area (Å²) >= 11 is 1.62. The standard InChI is InChI=1S/C18H17FN2O2S/c1-24-14-8-6-13(7-9-14)20-18(23)12-10-17(22)21(11-12)16-5-3-2-4-15(16)19/h2-9,12H,10-11H2,1H3,(H,20,23). The molecule has 1 aliphatic heterocycles. The van der Waals surface area contributed by atoms with Crippen molar-refractivity contribution in [2.45, 2.75) is 11.3 Å². The van der Waals surface area contributed by atoms with Gasteiger partial charge in [0.15, 0.2) is 0 Å². The highest BCUT2D eigenvalue weighted by molar-refractivity contribution is 7.98. The van der Waals surface area contributed by atoms with Crippen LogP contribution in [0, 0.1) is 11.7 Å². The van der Waals surface area contributed by atoms with Crippen LogP contribution in [0.5, 0.6) is 0 Å². The first-order chi connectivity index (χ1) is 11.6. The second kappa shape index (κ2) is 7.05. The Morgan fingerprint density at radius 3 is 2.58 bits per heavy atom. The lowest BCUT2D eigenvalue weighted by atomic mass is 10.1. The molecular weight excluding hydrogens is 327 g/mol. The minimum atomic E-state index is -0.489. The smallest absolute Gasteiger partial charge is 0.229 e. The van der Waals surface area contributed by atoms with Crippen molar-refractivity contribution < 1.29 is 14.0 Å². The first-order valence-corrected chi connectivity index (χ1v) is 8.81. The van der Waals surface area contributed by atoms with Gasteiger partial charge in [-0.25, -0.2) is 4.39 Å². The number of nitrogens with zero attached hydrogens (tertiary/aromatic N) is 1. The van der Waals surface area contributed by atoms with Gasteiger partial charge in [-0.3, -0.25) is 9.59 Å². The Kier molecular flexibility index (Phi) is 4.85. The number of anilines is 2. The topological polar surface area (TPSA) is 49.4 Å². The molecule has 1 heterocycles. The van der Waals surface area contributed by atoms with Gasteiger partial charge in [-0.05, 0) is 42.7 Å². The zero-order valence-electron chi connectivity index (χ0n) is 13.2. The molecule has 0 spiro atoms. The van der Waals surface area contributed by atoms with Crippen LogP contribution in [0.3, 0.4) is 0 Å². The molecule has 1 fully saturated rings. The third kappa shape index (κ3) is 3.43. The maximum absolute atomic E-state index is 13.9. The van der Waals surface area contributed by atoms with E-state index < -0.39 is 11.7 Å². The van der Waals surface area contributed by atoms with Gasteiger partial charge in [0, 0.05) is 23.5 Å². The van der Waals surface area contributed by atoms with Crippen molar-refractivity contribution in [1.82, 2.24) is 0 Å². The van der Waals surface area contributed by atoms with Crippen molar-refractivity contribution in [3.8, 4) is 0 Å². The molecule has 124 valence electrons. The fourth-order valence-electron chi connectivity index (χ4n) is 2.71. The summed E-state index contributed by atoms with van der Waals surface area (Å²) in [5.41, 5.74) is 0.914. The number of para-hydroxylation sites is 1. The van der Waals surface area contributed by atoms with E-state index in [-0.39, 0.29) is 30.5 Å². The lowest BCUT2D eigenvalue weighted by molar-refractivity contribution is -0.122. The predicted octanol–water partition coefficient (Wildman–Crippen LogP) is 3.54. The van der Waals surface area contributed by atoms with Crippen molar-refractivity contribution in [2.75, 3.05) is 23.0 Å². The van der Waals surface area contributed by atoms with E-state index in [0.717, 1.165) is 4.90 Å². The summed E-state index contributed by atoms with van der Waals surface area (Å²) < 4.78 is 13.9. The largest absolute Gasteiger partial charge is 0.326 e. The SMILES string of the molecule is CSc1ccc(NC(=O)C2CC(=O)N(c3ccccc3F)C2)cc1. The van der Waals surface area contributed by atoms with E-state index in [2.05, 4.69) is 5.32 Å². The third-order valence-corrected chi connectivity index (χ3v) is 4.74. The summed E-state index contributed by atoms with van der Waals surface area (Å²) in [5.74, 6) is -1.41. The van der Waals surface area contributed by atoms with E-state index in [9.17, 15) is 14.0 Å². The molecule has 0 aromatic heterocycles. The Morgan fingerprint density at radius 1 is 1.21 bits per heavy atom. The molecule has 2 aromatic rings. The molecule has 1 saturated heterocycles. The van der Waals surface area contributed by atoms with Crippen LogP contribution in [0.1, 0.15) is 6.42 Å². The Labute approximate surface area is 144 Å². The van der Waals surface area contributed by atoms with E-state index in [1.807, 2.05) is 30.5 Å². The van der Waals surface area contributed by atoms with Crippen LogP contribution in [-0.2, 0) is 9.59 Å². The van der Waals surface area contributed by atoms with E-state index in [4.69, 9.17) is 0 Å². The van der Waals surface area contributed by atoms with E-state index in [1.54, 1.807) is 30.0 Å². The summed E-state index contributed by atoms with van der Waals surface area (Å²) in [6, 6.07) is 13.6. The number of hydrogen-bond acceptors (Lipinski definition) is 3. The molecule has 2 aromatic carbocycles. The van der Waals surface area contributed by atoms with Crippen LogP contribution in [0.4, 0.5) is 15.8 Å². The van der Waals surface area contributed by atoms with Crippen LogP contribution in [0.25, 0.3) is 0 Å². The Hall–Kier alpha value is -2.34. The van der Waals surface area contributed by atoms with E-state index in [1.165, 1.54) is 11.0 Å². The van der Waals surface area contributed by atoms with Gasteiger partial charge in [0.05, 0.1) is 11.6 Å². The summed E-state index contributed by atoms with van der Waals surface area (Å²) in [7, 11) is 0. The van der Waals surface area contributed by atoms with Gasteiger partial charge < -0.3 is 10.2 Å². The second-order valence-corrected chi connectivity index (χ2v) is 6.45. The van der Waals surface area contributed by atoms with Gasteiger partial charge in [0.2, 0.25) is 11.8 Å².